The Bertz CT molecular complexity index is 822. The summed E-state index contributed by atoms with van der Waals surface area (Å²) in [6.45, 7) is 1.65. The van der Waals surface area contributed by atoms with Crippen molar-refractivity contribution < 1.29 is 28.0 Å². The molecular weight excluding hydrogens is 336 g/mol. The number of amides is 1. The normalized spacial score (nSPS) is 12.5. The van der Waals surface area contributed by atoms with E-state index in [1.54, 1.807) is 30.7 Å². The van der Waals surface area contributed by atoms with E-state index in [4.69, 9.17) is 18.3 Å². The van der Waals surface area contributed by atoms with Gasteiger partial charge in [-0.25, -0.2) is 0 Å². The van der Waals surface area contributed by atoms with Crippen LogP contribution in [0.3, 0.4) is 0 Å². The number of fused-ring (bicyclic) bond motifs is 1. The number of hydrogen-bond donors (Lipinski definition) is 2. The number of benzene rings is 1. The van der Waals surface area contributed by atoms with E-state index in [0.29, 0.717) is 30.3 Å². The maximum absolute atomic E-state index is 12.5. The zero-order chi connectivity index (χ0) is 17.8. The first kappa shape index (κ1) is 16.3. The largest absolute Gasteiger partial charge is 0.463 e. The van der Waals surface area contributed by atoms with Gasteiger partial charge in [-0.05, 0) is 36.4 Å². The lowest BCUT2D eigenvalue weighted by atomic mass is 10.2. The van der Waals surface area contributed by atoms with Gasteiger partial charge in [0.2, 0.25) is 6.79 Å². The summed E-state index contributed by atoms with van der Waals surface area (Å²) in [7, 11) is 0. The van der Waals surface area contributed by atoms with Crippen LogP contribution >= 0.6 is 0 Å². The van der Waals surface area contributed by atoms with Crippen molar-refractivity contribution in [1.82, 2.24) is 0 Å². The molecule has 0 atom stereocenters. The van der Waals surface area contributed by atoms with Crippen LogP contribution in [0.25, 0.3) is 0 Å². The predicted octanol–water partition coefficient (Wildman–Crippen LogP) is 1.83. The monoisotopic (exact) mass is 355 g/mol. The van der Waals surface area contributed by atoms with Crippen LogP contribution in [0.1, 0.15) is 11.5 Å². The van der Waals surface area contributed by atoms with Gasteiger partial charge in [0.1, 0.15) is 13.1 Å². The lowest BCUT2D eigenvalue weighted by molar-refractivity contribution is -0.921. The third-order valence-corrected chi connectivity index (χ3v) is 4.08. The number of rotatable bonds is 7. The van der Waals surface area contributed by atoms with E-state index in [2.05, 4.69) is 5.32 Å². The number of nitrogens with one attached hydrogen (secondary N) is 2. The van der Waals surface area contributed by atoms with Gasteiger partial charge in [0, 0.05) is 11.8 Å². The van der Waals surface area contributed by atoms with Crippen molar-refractivity contribution in [2.45, 2.75) is 13.1 Å². The molecule has 4 rings (SSSR count). The number of carbonyl (C=O) groups excluding carboxylic acids is 1. The second-order valence-corrected chi connectivity index (χ2v) is 6.06. The molecule has 1 aliphatic rings. The summed E-state index contributed by atoms with van der Waals surface area (Å²) in [6, 6.07) is 12.8. The highest BCUT2D eigenvalue weighted by Gasteiger charge is 2.19. The highest BCUT2D eigenvalue weighted by atomic mass is 16.7. The van der Waals surface area contributed by atoms with E-state index >= 15 is 0 Å². The molecule has 134 valence electrons. The van der Waals surface area contributed by atoms with Crippen molar-refractivity contribution in [2.24, 2.45) is 0 Å². The van der Waals surface area contributed by atoms with Gasteiger partial charge in [0.25, 0.3) is 5.91 Å². The quantitative estimate of drug-likeness (QED) is 0.676. The molecule has 0 spiro atoms. The maximum atomic E-state index is 12.5. The first-order valence-corrected chi connectivity index (χ1v) is 8.34. The molecule has 3 aromatic rings. The SMILES string of the molecule is O=C(C[NH+](Cc1ccco1)Cc1ccco1)Nc1ccc2c(c1)OCO2. The second-order valence-electron chi connectivity index (χ2n) is 6.06. The molecule has 0 saturated heterocycles. The molecule has 0 unspecified atom stereocenters. The van der Waals surface area contributed by atoms with Crippen LogP contribution in [0.4, 0.5) is 5.69 Å². The molecule has 1 aliphatic heterocycles. The van der Waals surface area contributed by atoms with Gasteiger partial charge in [-0.2, -0.15) is 0 Å². The molecule has 26 heavy (non-hydrogen) atoms. The van der Waals surface area contributed by atoms with Crippen LogP contribution in [-0.4, -0.2) is 19.2 Å². The standard InChI is InChI=1S/C19H18N2O5/c22-19(20-14-5-6-17-18(9-14)26-13-25-17)12-21(10-15-3-1-7-23-15)11-16-4-2-8-24-16/h1-9H,10-13H2,(H,20,22)/p+1. The van der Waals surface area contributed by atoms with E-state index in [9.17, 15) is 4.79 Å². The topological polar surface area (TPSA) is 78.3 Å². The van der Waals surface area contributed by atoms with Gasteiger partial charge in [-0.1, -0.05) is 0 Å². The zero-order valence-electron chi connectivity index (χ0n) is 14.1. The van der Waals surface area contributed by atoms with Crippen LogP contribution in [0.15, 0.2) is 63.8 Å². The Morgan fingerprint density at radius 1 is 0.962 bits per heavy atom. The summed E-state index contributed by atoms with van der Waals surface area (Å²) < 4.78 is 21.5. The minimum absolute atomic E-state index is 0.100. The van der Waals surface area contributed by atoms with Gasteiger partial charge in [0.05, 0.1) is 12.5 Å². The summed E-state index contributed by atoms with van der Waals surface area (Å²) in [5.74, 6) is 2.87. The van der Waals surface area contributed by atoms with Crippen molar-refractivity contribution in [3.8, 4) is 11.5 Å². The fourth-order valence-electron chi connectivity index (χ4n) is 2.91. The van der Waals surface area contributed by atoms with E-state index in [1.165, 1.54) is 0 Å². The number of carbonyl (C=O) groups is 1. The molecule has 2 N–H and O–H groups in total. The van der Waals surface area contributed by atoms with Crippen LogP contribution in [0, 0.1) is 0 Å². The number of quaternary nitrogens is 1. The van der Waals surface area contributed by atoms with E-state index < -0.39 is 0 Å². The van der Waals surface area contributed by atoms with Crippen LogP contribution < -0.4 is 19.7 Å². The van der Waals surface area contributed by atoms with Gasteiger partial charge >= 0.3 is 0 Å². The minimum Gasteiger partial charge on any atom is -0.463 e. The Morgan fingerprint density at radius 3 is 2.31 bits per heavy atom. The Balaban J connectivity index is 1.41. The molecule has 0 fully saturated rings. The molecule has 1 aromatic carbocycles. The second kappa shape index (κ2) is 7.37. The third kappa shape index (κ3) is 3.89. The molecule has 0 saturated carbocycles. The molecule has 0 aliphatic carbocycles. The highest BCUT2D eigenvalue weighted by Crippen LogP contribution is 2.34. The van der Waals surface area contributed by atoms with Gasteiger partial charge in [-0.15, -0.1) is 0 Å². The average Bonchev–Trinajstić information content (AvgIpc) is 3.36. The fraction of sp³-hybridized carbons (Fsp3) is 0.211. The Kier molecular flexibility index (Phi) is 4.61. The molecule has 0 radical (unpaired) electrons. The summed E-state index contributed by atoms with van der Waals surface area (Å²) in [5.41, 5.74) is 0.676. The maximum Gasteiger partial charge on any atom is 0.279 e. The highest BCUT2D eigenvalue weighted by molar-refractivity contribution is 5.91. The molecule has 0 bridgehead atoms. The number of hydrogen-bond acceptors (Lipinski definition) is 5. The van der Waals surface area contributed by atoms with Gasteiger partial charge in [0.15, 0.2) is 29.6 Å². The molecule has 2 aromatic heterocycles. The van der Waals surface area contributed by atoms with Crippen LogP contribution in [0.5, 0.6) is 11.5 Å². The first-order valence-electron chi connectivity index (χ1n) is 8.34. The Labute approximate surface area is 150 Å². The zero-order valence-corrected chi connectivity index (χ0v) is 14.1. The average molecular weight is 355 g/mol. The van der Waals surface area contributed by atoms with E-state index in [-0.39, 0.29) is 19.2 Å². The molecule has 1 amide bonds. The van der Waals surface area contributed by atoms with Gasteiger partial charge < -0.3 is 28.5 Å². The summed E-state index contributed by atoms with van der Waals surface area (Å²) in [6.07, 6.45) is 3.26. The molecular formula is C19H19N2O5+. The minimum atomic E-state index is -0.100. The predicted molar refractivity (Wildman–Crippen MR) is 91.8 cm³/mol. The van der Waals surface area contributed by atoms with Crippen molar-refractivity contribution in [3.63, 3.8) is 0 Å². The first-order chi connectivity index (χ1) is 12.8. The molecule has 7 nitrogen and oxygen atoms in total. The lowest BCUT2D eigenvalue weighted by Gasteiger charge is -2.17. The summed E-state index contributed by atoms with van der Waals surface area (Å²) in [4.78, 5) is 13.5. The Morgan fingerprint density at radius 2 is 1.65 bits per heavy atom. The fourth-order valence-corrected chi connectivity index (χ4v) is 2.91. The number of furan rings is 2. The smallest absolute Gasteiger partial charge is 0.279 e. The van der Waals surface area contributed by atoms with Gasteiger partial charge in [-0.3, -0.25) is 4.79 Å². The van der Waals surface area contributed by atoms with E-state index in [0.717, 1.165) is 16.4 Å². The van der Waals surface area contributed by atoms with Crippen LogP contribution in [-0.2, 0) is 17.9 Å². The van der Waals surface area contributed by atoms with Crippen molar-refractivity contribution >= 4 is 11.6 Å². The number of ether oxygens (including phenoxy) is 2. The Hall–Kier alpha value is -3.19. The summed E-state index contributed by atoms with van der Waals surface area (Å²) >= 11 is 0. The summed E-state index contributed by atoms with van der Waals surface area (Å²) in [5, 5.41) is 2.90. The van der Waals surface area contributed by atoms with Crippen molar-refractivity contribution in [1.29, 1.82) is 0 Å². The molecule has 3 heterocycles. The third-order valence-electron chi connectivity index (χ3n) is 4.08. The number of anilines is 1. The molecule has 7 heteroatoms. The van der Waals surface area contributed by atoms with E-state index in [1.807, 2.05) is 24.3 Å². The lowest BCUT2D eigenvalue weighted by Crippen LogP contribution is -3.10. The van der Waals surface area contributed by atoms with Crippen molar-refractivity contribution in [3.05, 3.63) is 66.5 Å². The van der Waals surface area contributed by atoms with Crippen molar-refractivity contribution in [2.75, 3.05) is 18.7 Å². The van der Waals surface area contributed by atoms with Crippen LogP contribution in [0.2, 0.25) is 0 Å².